The lowest BCUT2D eigenvalue weighted by molar-refractivity contribution is 0.695. The zero-order valence-corrected chi connectivity index (χ0v) is 13.0. The number of anilines is 1. The molecule has 2 aromatic heterocycles. The first kappa shape index (κ1) is 14.0. The normalized spacial score (nSPS) is 13.9. The Morgan fingerprint density at radius 2 is 2.04 bits per heavy atom. The fourth-order valence-corrected chi connectivity index (χ4v) is 3.13. The summed E-state index contributed by atoms with van der Waals surface area (Å²) in [5.74, 6) is 0. The molecule has 6 nitrogen and oxygen atoms in total. The maximum absolute atomic E-state index is 11.6. The Kier molecular flexibility index (Phi) is 3.38. The Hall–Kier alpha value is -2.60. The molecule has 0 saturated heterocycles. The van der Waals surface area contributed by atoms with Crippen molar-refractivity contribution in [3.8, 4) is 5.69 Å². The molecule has 0 aliphatic carbocycles. The standard InChI is InChI=1S/C16H14ClN5O/c17-15-14(8-19-20-16(15)23)21-7-6-13-12(9-21)18-10-22(13)11-4-2-1-3-5-11/h1-5,8,10H,6-7,9H2,(H,20,23). The third-order valence-electron chi connectivity index (χ3n) is 4.06. The van der Waals surface area contributed by atoms with Crippen molar-refractivity contribution in [3.05, 3.63) is 69.6 Å². The van der Waals surface area contributed by atoms with Crippen molar-refractivity contribution in [2.45, 2.75) is 13.0 Å². The molecule has 23 heavy (non-hydrogen) atoms. The average Bonchev–Trinajstić information content (AvgIpc) is 3.01. The van der Waals surface area contributed by atoms with Crippen molar-refractivity contribution in [2.24, 2.45) is 0 Å². The van der Waals surface area contributed by atoms with Gasteiger partial charge in [0.25, 0.3) is 5.56 Å². The Bertz CT molecular complexity index is 902. The zero-order valence-electron chi connectivity index (χ0n) is 12.2. The summed E-state index contributed by atoms with van der Waals surface area (Å²) in [5, 5.41) is 6.35. The summed E-state index contributed by atoms with van der Waals surface area (Å²) in [4.78, 5) is 18.2. The van der Waals surface area contributed by atoms with Gasteiger partial charge in [-0.2, -0.15) is 5.10 Å². The number of benzene rings is 1. The number of nitrogens with zero attached hydrogens (tertiary/aromatic N) is 4. The third-order valence-corrected chi connectivity index (χ3v) is 4.43. The molecular weight excluding hydrogens is 314 g/mol. The number of halogens is 1. The fourth-order valence-electron chi connectivity index (χ4n) is 2.92. The molecule has 0 fully saturated rings. The fraction of sp³-hybridized carbons (Fsp3) is 0.188. The lowest BCUT2D eigenvalue weighted by Gasteiger charge is -2.29. The number of para-hydroxylation sites is 1. The molecule has 0 radical (unpaired) electrons. The van der Waals surface area contributed by atoms with Crippen molar-refractivity contribution >= 4 is 17.3 Å². The van der Waals surface area contributed by atoms with Crippen LogP contribution in [0.4, 0.5) is 5.69 Å². The van der Waals surface area contributed by atoms with Crippen molar-refractivity contribution in [2.75, 3.05) is 11.4 Å². The summed E-state index contributed by atoms with van der Waals surface area (Å²) in [6.45, 7) is 1.37. The summed E-state index contributed by atoms with van der Waals surface area (Å²) in [5.41, 5.74) is 3.57. The number of rotatable bonds is 2. The molecule has 1 aromatic carbocycles. The van der Waals surface area contributed by atoms with E-state index in [9.17, 15) is 4.79 Å². The van der Waals surface area contributed by atoms with E-state index < -0.39 is 0 Å². The SMILES string of the molecule is O=c1[nH]ncc(N2CCc3c(ncn3-c3ccccc3)C2)c1Cl. The van der Waals surface area contributed by atoms with Crippen molar-refractivity contribution < 1.29 is 0 Å². The molecule has 0 atom stereocenters. The smallest absolute Gasteiger partial charge is 0.285 e. The minimum atomic E-state index is -0.371. The molecule has 0 amide bonds. The van der Waals surface area contributed by atoms with E-state index in [1.165, 1.54) is 5.69 Å². The number of H-pyrrole nitrogens is 1. The predicted molar refractivity (Wildman–Crippen MR) is 88.2 cm³/mol. The first-order chi connectivity index (χ1) is 11.2. The van der Waals surface area contributed by atoms with Gasteiger partial charge in [-0.05, 0) is 12.1 Å². The largest absolute Gasteiger partial charge is 0.362 e. The molecule has 0 spiro atoms. The van der Waals surface area contributed by atoms with Crippen LogP contribution < -0.4 is 10.5 Å². The van der Waals surface area contributed by atoms with Gasteiger partial charge in [-0.15, -0.1) is 0 Å². The van der Waals surface area contributed by atoms with Crippen LogP contribution >= 0.6 is 11.6 Å². The molecule has 3 heterocycles. The van der Waals surface area contributed by atoms with Gasteiger partial charge < -0.3 is 9.47 Å². The van der Waals surface area contributed by atoms with Gasteiger partial charge in [0.1, 0.15) is 5.02 Å². The van der Waals surface area contributed by atoms with E-state index >= 15 is 0 Å². The monoisotopic (exact) mass is 327 g/mol. The van der Waals surface area contributed by atoms with Crippen molar-refractivity contribution in [1.82, 2.24) is 19.7 Å². The van der Waals surface area contributed by atoms with E-state index in [1.807, 2.05) is 29.4 Å². The molecule has 3 aromatic rings. The number of hydrogen-bond acceptors (Lipinski definition) is 4. The molecule has 1 N–H and O–H groups in total. The van der Waals surface area contributed by atoms with E-state index in [1.54, 1.807) is 6.20 Å². The van der Waals surface area contributed by atoms with Gasteiger partial charge >= 0.3 is 0 Å². The minimum absolute atomic E-state index is 0.172. The predicted octanol–water partition coefficient (Wildman–Crippen LogP) is 2.17. The second kappa shape index (κ2) is 5.55. The van der Waals surface area contributed by atoms with Gasteiger partial charge in [-0.3, -0.25) is 4.79 Å². The number of imidazole rings is 1. The van der Waals surface area contributed by atoms with Crippen LogP contribution in [-0.4, -0.2) is 26.3 Å². The second-order valence-electron chi connectivity index (χ2n) is 5.41. The Morgan fingerprint density at radius 3 is 2.87 bits per heavy atom. The molecular formula is C16H14ClN5O. The van der Waals surface area contributed by atoms with Crippen LogP contribution in [0.25, 0.3) is 5.69 Å². The highest BCUT2D eigenvalue weighted by molar-refractivity contribution is 6.32. The van der Waals surface area contributed by atoms with Gasteiger partial charge in [0.15, 0.2) is 0 Å². The quantitative estimate of drug-likeness (QED) is 0.783. The summed E-state index contributed by atoms with van der Waals surface area (Å²) in [7, 11) is 0. The summed E-state index contributed by atoms with van der Waals surface area (Å²) in [6.07, 6.45) is 4.26. The summed E-state index contributed by atoms with van der Waals surface area (Å²) >= 11 is 6.10. The van der Waals surface area contributed by atoms with Crippen LogP contribution in [0, 0.1) is 0 Å². The van der Waals surface area contributed by atoms with Gasteiger partial charge in [0.05, 0.1) is 30.5 Å². The van der Waals surface area contributed by atoms with Crippen LogP contribution in [0.2, 0.25) is 5.02 Å². The maximum atomic E-state index is 11.6. The first-order valence-corrected chi connectivity index (χ1v) is 7.70. The Balaban J connectivity index is 1.68. The highest BCUT2D eigenvalue weighted by Gasteiger charge is 2.23. The lowest BCUT2D eigenvalue weighted by atomic mass is 10.1. The van der Waals surface area contributed by atoms with Crippen molar-refractivity contribution in [1.29, 1.82) is 0 Å². The third kappa shape index (κ3) is 2.41. The molecule has 4 rings (SSSR count). The highest BCUT2D eigenvalue weighted by atomic mass is 35.5. The van der Waals surface area contributed by atoms with Crippen LogP contribution in [-0.2, 0) is 13.0 Å². The number of hydrogen-bond donors (Lipinski definition) is 1. The lowest BCUT2D eigenvalue weighted by Crippen LogP contribution is -2.32. The van der Waals surface area contributed by atoms with Crippen LogP contribution in [0.15, 0.2) is 47.7 Å². The van der Waals surface area contributed by atoms with E-state index in [4.69, 9.17) is 11.6 Å². The van der Waals surface area contributed by atoms with Gasteiger partial charge in [0.2, 0.25) is 0 Å². The van der Waals surface area contributed by atoms with Gasteiger partial charge in [-0.25, -0.2) is 10.1 Å². The van der Waals surface area contributed by atoms with Crippen LogP contribution in [0.1, 0.15) is 11.4 Å². The van der Waals surface area contributed by atoms with Crippen LogP contribution in [0.3, 0.4) is 0 Å². The minimum Gasteiger partial charge on any atom is -0.362 e. The average molecular weight is 328 g/mol. The van der Waals surface area contributed by atoms with E-state index in [0.29, 0.717) is 12.2 Å². The molecule has 1 aliphatic rings. The molecule has 116 valence electrons. The highest BCUT2D eigenvalue weighted by Crippen LogP contribution is 2.28. The van der Waals surface area contributed by atoms with Gasteiger partial charge in [-0.1, -0.05) is 29.8 Å². The van der Waals surface area contributed by atoms with Crippen LogP contribution in [0.5, 0.6) is 0 Å². The molecule has 0 bridgehead atoms. The van der Waals surface area contributed by atoms with Gasteiger partial charge in [0, 0.05) is 24.3 Å². The zero-order chi connectivity index (χ0) is 15.8. The molecule has 0 saturated carbocycles. The molecule has 1 aliphatic heterocycles. The molecule has 0 unspecified atom stereocenters. The maximum Gasteiger partial charge on any atom is 0.285 e. The first-order valence-electron chi connectivity index (χ1n) is 7.32. The Labute approximate surface area is 137 Å². The summed E-state index contributed by atoms with van der Waals surface area (Å²) in [6, 6.07) is 10.1. The number of nitrogens with one attached hydrogen (secondary N) is 1. The van der Waals surface area contributed by atoms with Crippen molar-refractivity contribution in [3.63, 3.8) is 0 Å². The second-order valence-corrected chi connectivity index (χ2v) is 5.79. The number of aromatic nitrogens is 4. The van der Waals surface area contributed by atoms with E-state index in [-0.39, 0.29) is 10.6 Å². The number of aromatic amines is 1. The molecule has 7 heteroatoms. The number of fused-ring (bicyclic) bond motifs is 1. The topological polar surface area (TPSA) is 66.8 Å². The van der Waals surface area contributed by atoms with E-state index in [2.05, 4.69) is 31.9 Å². The Morgan fingerprint density at radius 1 is 1.22 bits per heavy atom. The summed E-state index contributed by atoms with van der Waals surface area (Å²) < 4.78 is 2.12. The van der Waals surface area contributed by atoms with E-state index in [0.717, 1.165) is 24.3 Å².